The molecule has 22 heavy (non-hydrogen) atoms. The van der Waals surface area contributed by atoms with Crippen LogP contribution in [0.2, 0.25) is 0 Å². The monoisotopic (exact) mass is 306 g/mol. The maximum absolute atomic E-state index is 12.0. The van der Waals surface area contributed by atoms with Crippen molar-refractivity contribution in [2.45, 2.75) is 39.5 Å². The van der Waals surface area contributed by atoms with Crippen LogP contribution in [0.3, 0.4) is 0 Å². The first kappa shape index (κ1) is 18.1. The number of carbonyl (C=O) groups is 1. The minimum atomic E-state index is -0.585. The van der Waals surface area contributed by atoms with Crippen LogP contribution in [0.15, 0.2) is 24.3 Å². The number of ether oxygens (including phenoxy) is 3. The van der Waals surface area contributed by atoms with Crippen molar-refractivity contribution in [1.82, 2.24) is 0 Å². The van der Waals surface area contributed by atoms with Crippen molar-refractivity contribution in [2.75, 3.05) is 20.8 Å². The van der Waals surface area contributed by atoms with Crippen LogP contribution < -0.4 is 9.47 Å². The van der Waals surface area contributed by atoms with Crippen LogP contribution >= 0.6 is 0 Å². The Morgan fingerprint density at radius 3 is 2.27 bits per heavy atom. The van der Waals surface area contributed by atoms with Crippen LogP contribution in [0, 0.1) is 6.92 Å². The van der Waals surface area contributed by atoms with Gasteiger partial charge in [-0.2, -0.15) is 0 Å². The lowest BCUT2D eigenvalue weighted by Crippen LogP contribution is -2.28. The molecule has 4 nitrogen and oxygen atoms in total. The Morgan fingerprint density at radius 1 is 1.23 bits per heavy atom. The highest BCUT2D eigenvalue weighted by atomic mass is 16.5. The van der Waals surface area contributed by atoms with Gasteiger partial charge in [-0.3, -0.25) is 4.79 Å². The molecule has 0 bridgehead atoms. The summed E-state index contributed by atoms with van der Waals surface area (Å²) in [5.74, 6) is 1.22. The molecule has 0 aliphatic rings. The van der Waals surface area contributed by atoms with Crippen molar-refractivity contribution >= 4 is 5.97 Å². The molecule has 0 saturated heterocycles. The maximum atomic E-state index is 12.0. The summed E-state index contributed by atoms with van der Waals surface area (Å²) in [6, 6.07) is 3.84. The lowest BCUT2D eigenvalue weighted by Gasteiger charge is -2.32. The first-order valence-electron chi connectivity index (χ1n) is 7.34. The number of allylic oxidation sites excluding steroid dienone is 1. The van der Waals surface area contributed by atoms with Crippen LogP contribution in [-0.4, -0.2) is 26.8 Å². The van der Waals surface area contributed by atoms with Gasteiger partial charge in [-0.05, 0) is 38.5 Å². The van der Waals surface area contributed by atoms with Crippen molar-refractivity contribution in [1.29, 1.82) is 0 Å². The molecule has 0 aliphatic carbocycles. The number of rotatable bonds is 7. The Balaban J connectivity index is 3.42. The summed E-state index contributed by atoms with van der Waals surface area (Å²) in [5.41, 5.74) is 2.13. The Bertz CT molecular complexity index is 562. The molecule has 4 heteroatoms. The van der Waals surface area contributed by atoms with Crippen LogP contribution in [-0.2, 0) is 14.9 Å². The third kappa shape index (κ3) is 3.62. The van der Waals surface area contributed by atoms with Crippen molar-refractivity contribution in [2.24, 2.45) is 0 Å². The van der Waals surface area contributed by atoms with Crippen LogP contribution in [0.1, 0.15) is 38.3 Å². The normalized spacial score (nSPS) is 13.2. The molecule has 0 amide bonds. The van der Waals surface area contributed by atoms with Crippen molar-refractivity contribution in [3.8, 4) is 11.5 Å². The zero-order chi connectivity index (χ0) is 16.9. The molecule has 1 rings (SSSR count). The van der Waals surface area contributed by atoms with Gasteiger partial charge in [0.2, 0.25) is 0 Å². The number of hydrogen-bond acceptors (Lipinski definition) is 4. The molecule has 1 aromatic carbocycles. The smallest absolute Gasteiger partial charge is 0.306 e. The van der Waals surface area contributed by atoms with Gasteiger partial charge in [0.05, 0.1) is 27.2 Å². The Kier molecular flexibility index (Phi) is 6.03. The first-order chi connectivity index (χ1) is 10.3. The number of hydrogen-bond donors (Lipinski definition) is 0. The van der Waals surface area contributed by atoms with Gasteiger partial charge in [0.1, 0.15) is 11.5 Å². The fourth-order valence-electron chi connectivity index (χ4n) is 2.46. The van der Waals surface area contributed by atoms with E-state index in [1.807, 2.05) is 32.9 Å². The molecule has 0 fully saturated rings. The average molecular weight is 306 g/mol. The molecular weight excluding hydrogens is 280 g/mol. The molecular formula is C18H26O4. The van der Waals surface area contributed by atoms with Crippen molar-refractivity contribution < 1.29 is 19.0 Å². The molecule has 0 aromatic heterocycles. The SMILES string of the molecule is C=C(C)C(C)(CC(=O)OCC)c1cc(OC)c(C)cc1OC. The van der Waals surface area contributed by atoms with E-state index in [0.29, 0.717) is 12.4 Å². The highest BCUT2D eigenvalue weighted by Crippen LogP contribution is 2.42. The highest BCUT2D eigenvalue weighted by molar-refractivity contribution is 5.73. The van der Waals surface area contributed by atoms with Gasteiger partial charge in [0, 0.05) is 11.0 Å². The fraction of sp³-hybridized carbons (Fsp3) is 0.500. The Morgan fingerprint density at radius 2 is 1.82 bits per heavy atom. The standard InChI is InChI=1S/C18H26O4/c1-8-22-17(19)11-18(5,12(2)3)14-10-15(20-6)13(4)9-16(14)21-7/h9-10H,2,8,11H2,1,3-7H3. The van der Waals surface area contributed by atoms with Gasteiger partial charge in [-0.15, -0.1) is 0 Å². The predicted octanol–water partition coefficient (Wildman–Crippen LogP) is 3.80. The fourth-order valence-corrected chi connectivity index (χ4v) is 2.46. The zero-order valence-electron chi connectivity index (χ0n) is 14.4. The van der Waals surface area contributed by atoms with Gasteiger partial charge >= 0.3 is 5.97 Å². The van der Waals surface area contributed by atoms with Gasteiger partial charge in [0.25, 0.3) is 0 Å². The highest BCUT2D eigenvalue weighted by Gasteiger charge is 2.34. The number of methoxy groups -OCH3 is 2. The summed E-state index contributed by atoms with van der Waals surface area (Å²) in [6.45, 7) is 12.1. The molecule has 1 atom stereocenters. The summed E-state index contributed by atoms with van der Waals surface area (Å²) in [7, 11) is 3.25. The molecule has 0 heterocycles. The molecule has 0 N–H and O–H groups in total. The summed E-state index contributed by atoms with van der Waals surface area (Å²) < 4.78 is 16.0. The molecule has 0 spiro atoms. The van der Waals surface area contributed by atoms with E-state index in [2.05, 4.69) is 6.58 Å². The van der Waals surface area contributed by atoms with Gasteiger partial charge < -0.3 is 14.2 Å². The minimum Gasteiger partial charge on any atom is -0.496 e. The maximum Gasteiger partial charge on any atom is 0.306 e. The molecule has 122 valence electrons. The third-order valence-corrected chi connectivity index (χ3v) is 4.06. The number of esters is 1. The van der Waals surface area contributed by atoms with E-state index in [1.54, 1.807) is 21.1 Å². The van der Waals surface area contributed by atoms with Gasteiger partial charge in [0.15, 0.2) is 0 Å². The lowest BCUT2D eigenvalue weighted by atomic mass is 9.73. The van der Waals surface area contributed by atoms with Crippen molar-refractivity contribution in [3.63, 3.8) is 0 Å². The van der Waals surface area contributed by atoms with Crippen LogP contribution in [0.4, 0.5) is 0 Å². The van der Waals surface area contributed by atoms with E-state index in [4.69, 9.17) is 14.2 Å². The van der Waals surface area contributed by atoms with E-state index >= 15 is 0 Å². The Labute approximate surface area is 133 Å². The second kappa shape index (κ2) is 7.34. The average Bonchev–Trinajstić information content (AvgIpc) is 2.46. The van der Waals surface area contributed by atoms with E-state index in [0.717, 1.165) is 22.4 Å². The molecule has 0 saturated carbocycles. The number of carbonyl (C=O) groups excluding carboxylic acids is 1. The zero-order valence-corrected chi connectivity index (χ0v) is 14.4. The largest absolute Gasteiger partial charge is 0.496 e. The van der Waals surface area contributed by atoms with Crippen LogP contribution in [0.25, 0.3) is 0 Å². The van der Waals surface area contributed by atoms with E-state index in [9.17, 15) is 4.79 Å². The number of benzene rings is 1. The molecule has 1 aromatic rings. The topological polar surface area (TPSA) is 44.8 Å². The van der Waals surface area contributed by atoms with E-state index < -0.39 is 5.41 Å². The van der Waals surface area contributed by atoms with Gasteiger partial charge in [-0.25, -0.2) is 0 Å². The number of aryl methyl sites for hydroxylation is 1. The van der Waals surface area contributed by atoms with E-state index in [-0.39, 0.29) is 12.4 Å². The minimum absolute atomic E-state index is 0.207. The third-order valence-electron chi connectivity index (χ3n) is 4.06. The Hall–Kier alpha value is -1.97. The summed E-state index contributed by atoms with van der Waals surface area (Å²) in [5, 5.41) is 0. The van der Waals surface area contributed by atoms with Crippen molar-refractivity contribution in [3.05, 3.63) is 35.4 Å². The summed E-state index contributed by atoms with van der Waals surface area (Å²) in [4.78, 5) is 12.0. The quantitative estimate of drug-likeness (QED) is 0.568. The first-order valence-corrected chi connectivity index (χ1v) is 7.34. The second-order valence-electron chi connectivity index (χ2n) is 5.62. The molecule has 1 unspecified atom stereocenters. The lowest BCUT2D eigenvalue weighted by molar-refractivity contribution is -0.144. The predicted molar refractivity (Wildman–Crippen MR) is 87.7 cm³/mol. The van der Waals surface area contributed by atoms with Crippen LogP contribution in [0.5, 0.6) is 11.5 Å². The molecule has 0 radical (unpaired) electrons. The van der Waals surface area contributed by atoms with Gasteiger partial charge in [-0.1, -0.05) is 19.1 Å². The summed E-state index contributed by atoms with van der Waals surface area (Å²) >= 11 is 0. The summed E-state index contributed by atoms with van der Waals surface area (Å²) in [6.07, 6.45) is 0.207. The van der Waals surface area contributed by atoms with E-state index in [1.165, 1.54) is 0 Å². The molecule has 0 aliphatic heterocycles. The second-order valence-corrected chi connectivity index (χ2v) is 5.62.